The van der Waals surface area contributed by atoms with Gasteiger partial charge in [-0.15, -0.1) is 11.3 Å². The number of fused-ring (bicyclic) bond motifs is 1. The quantitative estimate of drug-likeness (QED) is 0.801. The maximum absolute atomic E-state index is 12.4. The number of hydrogen-bond donors (Lipinski definition) is 0. The number of aromatic nitrogens is 1. The van der Waals surface area contributed by atoms with Crippen LogP contribution >= 0.6 is 11.3 Å². The molecule has 0 radical (unpaired) electrons. The van der Waals surface area contributed by atoms with Crippen molar-refractivity contribution in [3.63, 3.8) is 0 Å². The van der Waals surface area contributed by atoms with Gasteiger partial charge in [-0.3, -0.25) is 9.69 Å². The third-order valence-corrected chi connectivity index (χ3v) is 5.99. The topological polar surface area (TPSA) is 36.4 Å². The van der Waals surface area contributed by atoms with E-state index in [0.29, 0.717) is 18.2 Å². The lowest BCUT2D eigenvalue weighted by Crippen LogP contribution is -2.48. The first-order chi connectivity index (χ1) is 11.8. The van der Waals surface area contributed by atoms with Gasteiger partial charge >= 0.3 is 0 Å². The van der Waals surface area contributed by atoms with Crippen molar-refractivity contribution >= 4 is 27.5 Å². The number of thiazole rings is 1. The van der Waals surface area contributed by atoms with Gasteiger partial charge in [0.25, 0.3) is 0 Å². The zero-order chi connectivity index (χ0) is 16.4. The zero-order valence-electron chi connectivity index (χ0n) is 13.9. The molecular weight excluding hydrogens is 318 g/mol. The number of nitrogens with zero attached hydrogens (tertiary/aromatic N) is 3. The minimum Gasteiger partial charge on any atom is -0.340 e. The van der Waals surface area contributed by atoms with Gasteiger partial charge in [-0.05, 0) is 30.9 Å². The fourth-order valence-corrected chi connectivity index (χ4v) is 4.56. The number of amides is 1. The average Bonchev–Trinajstić information content (AvgIpc) is 3.24. The van der Waals surface area contributed by atoms with E-state index in [1.54, 1.807) is 11.3 Å². The summed E-state index contributed by atoms with van der Waals surface area (Å²) in [6.07, 6.45) is 7.38. The van der Waals surface area contributed by atoms with E-state index in [-0.39, 0.29) is 0 Å². The van der Waals surface area contributed by atoms with Crippen molar-refractivity contribution in [1.29, 1.82) is 0 Å². The molecule has 1 aromatic carbocycles. The van der Waals surface area contributed by atoms with E-state index in [9.17, 15) is 4.79 Å². The molecule has 4 nitrogen and oxygen atoms in total. The molecule has 0 bridgehead atoms. The molecule has 5 heteroatoms. The lowest BCUT2D eigenvalue weighted by molar-refractivity contribution is -0.133. The van der Waals surface area contributed by atoms with E-state index in [4.69, 9.17) is 4.98 Å². The summed E-state index contributed by atoms with van der Waals surface area (Å²) in [5.41, 5.74) is 1.09. The predicted molar refractivity (Wildman–Crippen MR) is 98.0 cm³/mol. The summed E-state index contributed by atoms with van der Waals surface area (Å²) < 4.78 is 1.26. The Bertz CT molecular complexity index is 713. The van der Waals surface area contributed by atoms with Crippen molar-refractivity contribution in [2.45, 2.75) is 25.8 Å². The van der Waals surface area contributed by atoms with Crippen LogP contribution in [0.5, 0.6) is 0 Å². The Morgan fingerprint density at radius 3 is 2.79 bits per heavy atom. The number of carbonyl (C=O) groups is 1. The van der Waals surface area contributed by atoms with Crippen LogP contribution in [0.25, 0.3) is 10.2 Å². The van der Waals surface area contributed by atoms with Crippen LogP contribution in [-0.2, 0) is 11.3 Å². The number of carbonyl (C=O) groups excluding carboxylic acids is 1. The van der Waals surface area contributed by atoms with Crippen molar-refractivity contribution in [1.82, 2.24) is 14.8 Å². The molecule has 1 aliphatic heterocycles. The molecule has 1 atom stereocenters. The highest BCUT2D eigenvalue weighted by atomic mass is 32.1. The fourth-order valence-electron chi connectivity index (χ4n) is 3.55. The van der Waals surface area contributed by atoms with E-state index in [1.165, 1.54) is 9.71 Å². The highest BCUT2D eigenvalue weighted by Crippen LogP contribution is 2.24. The number of hydrogen-bond acceptors (Lipinski definition) is 4. The van der Waals surface area contributed by atoms with E-state index in [2.05, 4.69) is 35.3 Å². The van der Waals surface area contributed by atoms with Crippen LogP contribution in [0, 0.1) is 5.92 Å². The van der Waals surface area contributed by atoms with Gasteiger partial charge in [-0.25, -0.2) is 4.98 Å². The summed E-state index contributed by atoms with van der Waals surface area (Å²) >= 11 is 1.78. The summed E-state index contributed by atoms with van der Waals surface area (Å²) in [6.45, 7) is 4.48. The van der Waals surface area contributed by atoms with Crippen LogP contribution in [0.2, 0.25) is 0 Å². The summed E-state index contributed by atoms with van der Waals surface area (Å²) in [5.74, 6) is 0.796. The molecular formula is C19H23N3OS. The van der Waals surface area contributed by atoms with E-state index in [1.807, 2.05) is 11.0 Å². The molecule has 1 aliphatic carbocycles. The molecule has 0 N–H and O–H groups in total. The average molecular weight is 341 g/mol. The smallest absolute Gasteiger partial charge is 0.223 e. The van der Waals surface area contributed by atoms with Gasteiger partial charge in [-0.2, -0.15) is 0 Å². The normalized spacial score (nSPS) is 21.7. The Balaban J connectivity index is 1.29. The molecule has 0 spiro atoms. The van der Waals surface area contributed by atoms with Gasteiger partial charge in [0.15, 0.2) is 0 Å². The lowest BCUT2D eigenvalue weighted by atomic mass is 10.0. The molecule has 0 unspecified atom stereocenters. The van der Waals surface area contributed by atoms with Crippen LogP contribution in [0.1, 0.15) is 24.3 Å². The molecule has 126 valence electrons. The second kappa shape index (κ2) is 7.03. The van der Waals surface area contributed by atoms with Gasteiger partial charge in [0.2, 0.25) is 5.91 Å². The lowest BCUT2D eigenvalue weighted by Gasteiger charge is -2.34. The molecule has 24 heavy (non-hydrogen) atoms. The first-order valence-electron chi connectivity index (χ1n) is 8.79. The van der Waals surface area contributed by atoms with Gasteiger partial charge < -0.3 is 4.90 Å². The van der Waals surface area contributed by atoms with Crippen molar-refractivity contribution in [2.24, 2.45) is 5.92 Å². The van der Waals surface area contributed by atoms with Crippen molar-refractivity contribution in [3.8, 4) is 0 Å². The number of para-hydroxylation sites is 1. The van der Waals surface area contributed by atoms with E-state index < -0.39 is 0 Å². The minimum absolute atomic E-state index is 0.325. The summed E-state index contributed by atoms with van der Waals surface area (Å²) in [5, 5.41) is 1.17. The second-order valence-corrected chi connectivity index (χ2v) is 7.82. The maximum atomic E-state index is 12.4. The largest absolute Gasteiger partial charge is 0.340 e. The number of allylic oxidation sites excluding steroid dienone is 2. The molecule has 0 saturated carbocycles. The van der Waals surface area contributed by atoms with Crippen LogP contribution in [0.4, 0.5) is 0 Å². The highest BCUT2D eigenvalue weighted by molar-refractivity contribution is 7.18. The van der Waals surface area contributed by atoms with E-state index >= 15 is 0 Å². The fraction of sp³-hybridized carbons (Fsp3) is 0.474. The molecule has 1 aromatic heterocycles. The first-order valence-corrected chi connectivity index (χ1v) is 9.61. The van der Waals surface area contributed by atoms with Crippen LogP contribution in [-0.4, -0.2) is 46.9 Å². The van der Waals surface area contributed by atoms with Gasteiger partial charge in [0.1, 0.15) is 5.01 Å². The monoisotopic (exact) mass is 341 g/mol. The van der Waals surface area contributed by atoms with Crippen molar-refractivity contribution in [3.05, 3.63) is 41.4 Å². The summed E-state index contributed by atoms with van der Waals surface area (Å²) in [7, 11) is 0. The standard InChI is InChI=1S/C19H23N3OS/c23-19(13-15-5-1-2-6-15)22-11-9-21(10-12-22)14-18-20-16-7-3-4-8-17(16)24-18/h1,3-5,7-8,15H,2,6,9-14H2/t15-/m1/s1. The number of piperazine rings is 1. The highest BCUT2D eigenvalue weighted by Gasteiger charge is 2.24. The van der Waals surface area contributed by atoms with Crippen molar-refractivity contribution < 1.29 is 4.79 Å². The Hall–Kier alpha value is -1.72. The molecule has 2 aromatic rings. The third kappa shape index (κ3) is 3.52. The Morgan fingerprint density at radius 2 is 2.04 bits per heavy atom. The summed E-state index contributed by atoms with van der Waals surface area (Å²) in [6, 6.07) is 8.30. The van der Waals surface area contributed by atoms with Crippen molar-refractivity contribution in [2.75, 3.05) is 26.2 Å². The van der Waals surface area contributed by atoms with Crippen LogP contribution < -0.4 is 0 Å². The Kier molecular flexibility index (Phi) is 4.63. The molecule has 4 rings (SSSR count). The van der Waals surface area contributed by atoms with Crippen LogP contribution in [0.3, 0.4) is 0 Å². The maximum Gasteiger partial charge on any atom is 0.223 e. The first kappa shape index (κ1) is 15.8. The molecule has 1 amide bonds. The molecule has 2 aliphatic rings. The van der Waals surface area contributed by atoms with Gasteiger partial charge in [0, 0.05) is 32.6 Å². The molecule has 1 fully saturated rings. The number of rotatable bonds is 4. The molecule has 2 heterocycles. The Morgan fingerprint density at radius 1 is 1.21 bits per heavy atom. The third-order valence-electron chi connectivity index (χ3n) is 4.97. The second-order valence-electron chi connectivity index (χ2n) is 6.70. The minimum atomic E-state index is 0.325. The van der Waals surface area contributed by atoms with Gasteiger partial charge in [0.05, 0.1) is 16.8 Å². The predicted octanol–water partition coefficient (Wildman–Crippen LogP) is 3.30. The Labute approximate surface area is 146 Å². The SMILES string of the molecule is O=C(C[C@@H]1C=CCC1)N1CCN(Cc2nc3ccccc3s2)CC1. The zero-order valence-corrected chi connectivity index (χ0v) is 14.7. The molecule has 1 saturated heterocycles. The van der Waals surface area contributed by atoms with E-state index in [0.717, 1.165) is 51.1 Å². The van der Waals surface area contributed by atoms with Crippen LogP contribution in [0.15, 0.2) is 36.4 Å². The summed E-state index contributed by atoms with van der Waals surface area (Å²) in [4.78, 5) is 21.6. The number of benzene rings is 1. The van der Waals surface area contributed by atoms with Gasteiger partial charge in [-0.1, -0.05) is 24.3 Å².